The Bertz CT molecular complexity index is 1070. The number of anilines is 1. The zero-order valence-electron chi connectivity index (χ0n) is 15.6. The van der Waals surface area contributed by atoms with Gasteiger partial charge in [-0.1, -0.05) is 6.08 Å². The van der Waals surface area contributed by atoms with E-state index < -0.39 is 17.7 Å². The zero-order valence-corrected chi connectivity index (χ0v) is 16.4. The number of halogens is 2. The fourth-order valence-corrected chi connectivity index (χ4v) is 5.24. The topological polar surface area (TPSA) is 65.5 Å². The summed E-state index contributed by atoms with van der Waals surface area (Å²) < 4.78 is 27.6. The Morgan fingerprint density at radius 2 is 2.21 bits per heavy atom. The first-order valence-corrected chi connectivity index (χ1v) is 10.2. The van der Waals surface area contributed by atoms with Crippen LogP contribution in [-0.4, -0.2) is 45.9 Å². The number of hydrogen-bond acceptors (Lipinski definition) is 4. The third-order valence-electron chi connectivity index (χ3n) is 5.78. The highest BCUT2D eigenvalue weighted by Crippen LogP contribution is 2.43. The van der Waals surface area contributed by atoms with Crippen molar-refractivity contribution in [2.24, 2.45) is 5.92 Å². The number of benzene rings is 1. The average molecular weight is 416 g/mol. The molecule has 150 valence electrons. The van der Waals surface area contributed by atoms with Gasteiger partial charge in [0.15, 0.2) is 11.6 Å². The number of hydrogen-bond donors (Lipinski definition) is 1. The average Bonchev–Trinajstić information content (AvgIpc) is 3.41. The molecule has 6 nitrogen and oxygen atoms in total. The van der Waals surface area contributed by atoms with Crippen LogP contribution in [0.25, 0.3) is 5.57 Å². The monoisotopic (exact) mass is 416 g/mol. The summed E-state index contributed by atoms with van der Waals surface area (Å²) in [6, 6.07) is 1.82. The summed E-state index contributed by atoms with van der Waals surface area (Å²) >= 11 is 1.65. The maximum absolute atomic E-state index is 14.1. The minimum atomic E-state index is -0.993. The lowest BCUT2D eigenvalue weighted by Gasteiger charge is -2.32. The number of likely N-dealkylation sites (tertiary alicyclic amines) is 1. The van der Waals surface area contributed by atoms with Crippen molar-refractivity contribution in [3.8, 4) is 0 Å². The molecule has 1 fully saturated rings. The van der Waals surface area contributed by atoms with Crippen molar-refractivity contribution in [3.05, 3.63) is 51.5 Å². The molecule has 5 rings (SSSR count). The molecule has 29 heavy (non-hydrogen) atoms. The van der Waals surface area contributed by atoms with Crippen molar-refractivity contribution in [2.45, 2.75) is 25.9 Å². The molecule has 0 spiro atoms. The predicted octanol–water partition coefficient (Wildman–Crippen LogP) is 3.39. The van der Waals surface area contributed by atoms with Gasteiger partial charge in [-0.3, -0.25) is 4.79 Å². The third-order valence-corrected chi connectivity index (χ3v) is 6.74. The molecule has 0 unspecified atom stereocenters. The molecule has 3 heterocycles. The maximum atomic E-state index is 14.1. The van der Waals surface area contributed by atoms with Crippen LogP contribution in [0.5, 0.6) is 0 Å². The van der Waals surface area contributed by atoms with Crippen molar-refractivity contribution >= 4 is 34.5 Å². The molecule has 1 N–H and O–H groups in total. The Morgan fingerprint density at radius 3 is 2.90 bits per heavy atom. The molecule has 0 radical (unpaired) electrons. The van der Waals surface area contributed by atoms with Gasteiger partial charge >= 0.3 is 6.03 Å². The first-order valence-electron chi connectivity index (χ1n) is 9.37. The number of amides is 3. The van der Waals surface area contributed by atoms with Gasteiger partial charge in [-0.2, -0.15) is 0 Å². The van der Waals surface area contributed by atoms with E-state index in [1.807, 2.05) is 13.1 Å². The van der Waals surface area contributed by atoms with Gasteiger partial charge in [0, 0.05) is 24.2 Å². The molecular weight excluding hydrogens is 398 g/mol. The van der Waals surface area contributed by atoms with E-state index in [1.54, 1.807) is 16.2 Å². The summed E-state index contributed by atoms with van der Waals surface area (Å²) in [6.45, 7) is 2.25. The third kappa shape index (κ3) is 3.00. The Balaban J connectivity index is 1.30. The highest BCUT2D eigenvalue weighted by molar-refractivity contribution is 7.12. The van der Waals surface area contributed by atoms with Gasteiger partial charge < -0.3 is 15.1 Å². The Labute approximate surface area is 169 Å². The Kier molecular flexibility index (Phi) is 4.16. The molecule has 3 aliphatic rings. The molecule has 1 aromatic heterocycles. The van der Waals surface area contributed by atoms with Crippen LogP contribution in [0, 0.1) is 24.5 Å². The molecule has 2 aliphatic heterocycles. The highest BCUT2D eigenvalue weighted by atomic mass is 32.1. The number of rotatable bonds is 3. The largest absolute Gasteiger partial charge is 0.334 e. The highest BCUT2D eigenvalue weighted by Gasteiger charge is 2.42. The number of thiazole rings is 1. The molecule has 9 heteroatoms. The summed E-state index contributed by atoms with van der Waals surface area (Å²) in [5.41, 5.74) is 1.54. The number of urea groups is 1. The van der Waals surface area contributed by atoms with Gasteiger partial charge in [0.05, 0.1) is 28.2 Å². The fraction of sp³-hybridized carbons (Fsp3) is 0.350. The van der Waals surface area contributed by atoms with Crippen molar-refractivity contribution in [1.82, 2.24) is 14.8 Å². The number of aryl methyl sites for hydroxylation is 1. The van der Waals surface area contributed by atoms with Gasteiger partial charge in [0.2, 0.25) is 5.91 Å². The second kappa shape index (κ2) is 6.62. The smallest absolute Gasteiger partial charge is 0.322 e. The standard InChI is InChI=1S/C20H18F2N4O2S/c1-10-23-6-17(29-10)13-5-12-4-11(13)7-26(12)18(27)9-25-8-14-16(24-20(25)28)3-2-15(21)19(14)22/h2-3,5-6,11-12H,4,7-9H2,1H3,(H,24,28)/t11-,12-/m0/s1. The van der Waals surface area contributed by atoms with Crippen LogP contribution in [0.4, 0.5) is 19.3 Å². The summed E-state index contributed by atoms with van der Waals surface area (Å²) in [5.74, 6) is -1.89. The summed E-state index contributed by atoms with van der Waals surface area (Å²) in [6.07, 6.45) is 4.86. The number of carbonyl (C=O) groups is 2. The molecule has 2 aromatic rings. The van der Waals surface area contributed by atoms with E-state index in [0.29, 0.717) is 6.54 Å². The van der Waals surface area contributed by atoms with Crippen molar-refractivity contribution < 1.29 is 18.4 Å². The Hall–Kier alpha value is -2.81. The summed E-state index contributed by atoms with van der Waals surface area (Å²) in [4.78, 5) is 33.6. The molecule has 2 bridgehead atoms. The van der Waals surface area contributed by atoms with E-state index in [0.717, 1.165) is 22.4 Å². The van der Waals surface area contributed by atoms with E-state index in [9.17, 15) is 18.4 Å². The molecule has 0 saturated carbocycles. The molecular formula is C20H18F2N4O2S. The lowest BCUT2D eigenvalue weighted by atomic mass is 10.0. The number of carbonyl (C=O) groups excluding carboxylic acids is 2. The first-order chi connectivity index (χ1) is 13.9. The molecule has 3 amide bonds. The number of nitrogens with zero attached hydrogens (tertiary/aromatic N) is 3. The first kappa shape index (κ1) is 18.2. The second-order valence-corrected chi connectivity index (χ2v) is 8.82. The SMILES string of the molecule is Cc1ncc(C2=C[C@@H]3C[C@H]2CN3C(=O)CN2Cc3c(ccc(F)c3F)NC2=O)s1. The van der Waals surface area contributed by atoms with Gasteiger partial charge in [-0.05, 0) is 31.1 Å². The normalized spacial score (nSPS) is 22.6. The molecule has 2 atom stereocenters. The zero-order chi connectivity index (χ0) is 20.3. The van der Waals surface area contributed by atoms with Crippen LogP contribution >= 0.6 is 11.3 Å². The van der Waals surface area contributed by atoms with E-state index in [-0.39, 0.29) is 42.2 Å². The number of nitrogens with one attached hydrogen (secondary N) is 1. The maximum Gasteiger partial charge on any atom is 0.322 e. The number of fused-ring (bicyclic) bond motifs is 3. The van der Waals surface area contributed by atoms with Gasteiger partial charge in [0.1, 0.15) is 6.54 Å². The molecule has 1 aromatic carbocycles. The van der Waals surface area contributed by atoms with Gasteiger partial charge in [-0.25, -0.2) is 18.6 Å². The Morgan fingerprint density at radius 1 is 1.38 bits per heavy atom. The van der Waals surface area contributed by atoms with Crippen molar-refractivity contribution in [3.63, 3.8) is 0 Å². The summed E-state index contributed by atoms with van der Waals surface area (Å²) in [7, 11) is 0. The van der Waals surface area contributed by atoms with Crippen molar-refractivity contribution in [2.75, 3.05) is 18.4 Å². The van der Waals surface area contributed by atoms with Crippen LogP contribution in [-0.2, 0) is 11.3 Å². The predicted molar refractivity (Wildman–Crippen MR) is 104 cm³/mol. The van der Waals surface area contributed by atoms with E-state index in [2.05, 4.69) is 16.4 Å². The summed E-state index contributed by atoms with van der Waals surface area (Å²) in [5, 5.41) is 3.54. The lowest BCUT2D eigenvalue weighted by molar-refractivity contribution is -0.132. The van der Waals surface area contributed by atoms with Crippen LogP contribution in [0.2, 0.25) is 0 Å². The van der Waals surface area contributed by atoms with E-state index >= 15 is 0 Å². The lowest BCUT2D eigenvalue weighted by Crippen LogP contribution is -2.47. The minimum absolute atomic E-state index is 0.000718. The quantitative estimate of drug-likeness (QED) is 0.834. The van der Waals surface area contributed by atoms with Crippen LogP contribution < -0.4 is 5.32 Å². The van der Waals surface area contributed by atoms with Crippen LogP contribution in [0.15, 0.2) is 24.4 Å². The fourth-order valence-electron chi connectivity index (χ4n) is 4.36. The van der Waals surface area contributed by atoms with Gasteiger partial charge in [-0.15, -0.1) is 11.3 Å². The van der Waals surface area contributed by atoms with Gasteiger partial charge in [0.25, 0.3) is 0 Å². The number of aromatic nitrogens is 1. The minimum Gasteiger partial charge on any atom is -0.334 e. The van der Waals surface area contributed by atoms with Crippen LogP contribution in [0.3, 0.4) is 0 Å². The molecule has 1 aliphatic carbocycles. The van der Waals surface area contributed by atoms with E-state index in [4.69, 9.17) is 0 Å². The molecule has 1 saturated heterocycles. The second-order valence-electron chi connectivity index (χ2n) is 7.59. The van der Waals surface area contributed by atoms with Crippen molar-refractivity contribution in [1.29, 1.82) is 0 Å². The van der Waals surface area contributed by atoms with E-state index in [1.165, 1.54) is 16.5 Å². The van der Waals surface area contributed by atoms with Crippen LogP contribution in [0.1, 0.15) is 21.9 Å².